The molecule has 0 aliphatic rings. The first-order chi connectivity index (χ1) is 10.3. The number of carbonyl (C=O) groups is 3. The Bertz CT molecular complexity index is 334. The summed E-state index contributed by atoms with van der Waals surface area (Å²) in [6.07, 6.45) is 3.80. The smallest absolute Gasteiger partial charge is 0.327 e. The summed E-state index contributed by atoms with van der Waals surface area (Å²) in [6.45, 7) is 20.3. The third kappa shape index (κ3) is 45.1. The lowest BCUT2D eigenvalue weighted by molar-refractivity contribution is -0.132. The minimum Gasteiger partial charge on any atom is -0.478 e. The highest BCUT2D eigenvalue weighted by Crippen LogP contribution is 2.27. The van der Waals surface area contributed by atoms with Crippen molar-refractivity contribution >= 4 is 17.9 Å². The van der Waals surface area contributed by atoms with Gasteiger partial charge < -0.3 is 15.3 Å². The number of rotatable bonds is 4. The Morgan fingerprint density at radius 3 is 1.04 bits per heavy atom. The van der Waals surface area contributed by atoms with Crippen LogP contribution in [0.15, 0.2) is 38.0 Å². The third-order valence-corrected chi connectivity index (χ3v) is 2.61. The zero-order chi connectivity index (χ0) is 19.6. The standard InChI is InChI=1S/C8H18.3C3H4O2/c1-6-7(2)8(3,4)5;3*1-2-3(4)5/h7H,6H2,1-5H3;3*2H,1H2,(H,4,5). The maximum absolute atomic E-state index is 9.25. The zero-order valence-electron chi connectivity index (χ0n) is 14.7. The van der Waals surface area contributed by atoms with Crippen molar-refractivity contribution in [2.75, 3.05) is 0 Å². The van der Waals surface area contributed by atoms with Crippen LogP contribution in [0.25, 0.3) is 0 Å². The van der Waals surface area contributed by atoms with E-state index in [1.165, 1.54) is 6.42 Å². The van der Waals surface area contributed by atoms with Crippen LogP contribution in [0, 0.1) is 11.3 Å². The molecule has 0 aliphatic carbocycles. The van der Waals surface area contributed by atoms with Crippen molar-refractivity contribution in [3.05, 3.63) is 38.0 Å². The van der Waals surface area contributed by atoms with Gasteiger partial charge in [-0.1, -0.05) is 60.8 Å². The highest BCUT2D eigenvalue weighted by Gasteiger charge is 2.16. The molecule has 0 bridgehead atoms. The second kappa shape index (κ2) is 17.7. The molecule has 0 aliphatic heterocycles. The lowest BCUT2D eigenvalue weighted by atomic mass is 9.81. The highest BCUT2D eigenvalue weighted by atomic mass is 16.4. The van der Waals surface area contributed by atoms with Gasteiger partial charge in [0, 0.05) is 18.2 Å². The number of hydrogen-bond donors (Lipinski definition) is 3. The molecule has 134 valence electrons. The van der Waals surface area contributed by atoms with Gasteiger partial charge in [-0.05, 0) is 11.3 Å². The largest absolute Gasteiger partial charge is 0.478 e. The van der Waals surface area contributed by atoms with Gasteiger partial charge in [0.2, 0.25) is 0 Å². The summed E-state index contributed by atoms with van der Waals surface area (Å²) in [6, 6.07) is 0. The highest BCUT2D eigenvalue weighted by molar-refractivity contribution is 5.79. The van der Waals surface area contributed by atoms with Crippen LogP contribution in [-0.2, 0) is 14.4 Å². The number of carboxylic acids is 3. The molecule has 6 heteroatoms. The molecular weight excluding hydrogens is 300 g/mol. The van der Waals surface area contributed by atoms with Crippen LogP contribution < -0.4 is 0 Å². The molecule has 0 saturated heterocycles. The molecule has 0 amide bonds. The molecule has 0 aromatic rings. The summed E-state index contributed by atoms with van der Waals surface area (Å²) in [7, 11) is 0. The van der Waals surface area contributed by atoms with Gasteiger partial charge in [0.15, 0.2) is 0 Å². The third-order valence-electron chi connectivity index (χ3n) is 2.61. The second-order valence-electron chi connectivity index (χ2n) is 5.30. The van der Waals surface area contributed by atoms with E-state index in [9.17, 15) is 14.4 Å². The minimum atomic E-state index is -0.981. The van der Waals surface area contributed by atoms with E-state index < -0.39 is 17.9 Å². The summed E-state index contributed by atoms with van der Waals surface area (Å²) < 4.78 is 0. The SMILES string of the molecule is C=CC(=O)O.C=CC(=O)O.C=CC(=O)O.CCC(C)C(C)(C)C. The van der Waals surface area contributed by atoms with Crippen molar-refractivity contribution < 1.29 is 29.7 Å². The van der Waals surface area contributed by atoms with Crippen molar-refractivity contribution in [1.82, 2.24) is 0 Å². The number of carboxylic acid groups (broad SMARTS) is 3. The summed E-state index contributed by atoms with van der Waals surface area (Å²) in [5.41, 5.74) is 0.509. The first-order valence-electron chi connectivity index (χ1n) is 6.86. The van der Waals surface area contributed by atoms with E-state index in [0.717, 1.165) is 24.1 Å². The zero-order valence-corrected chi connectivity index (χ0v) is 14.7. The van der Waals surface area contributed by atoms with Crippen LogP contribution in [0.4, 0.5) is 0 Å². The molecule has 0 aromatic heterocycles. The molecular formula is C17H30O6. The molecule has 0 spiro atoms. The van der Waals surface area contributed by atoms with E-state index in [-0.39, 0.29) is 0 Å². The lowest BCUT2D eigenvalue weighted by Gasteiger charge is -2.25. The first-order valence-corrected chi connectivity index (χ1v) is 6.86. The Kier molecular flexibility index (Phi) is 22.1. The molecule has 6 nitrogen and oxygen atoms in total. The van der Waals surface area contributed by atoms with Gasteiger partial charge in [-0.15, -0.1) is 0 Å². The maximum Gasteiger partial charge on any atom is 0.327 e. The molecule has 0 saturated carbocycles. The molecule has 1 atom stereocenters. The van der Waals surface area contributed by atoms with Crippen LogP contribution in [0.3, 0.4) is 0 Å². The van der Waals surface area contributed by atoms with Crippen molar-refractivity contribution in [2.45, 2.75) is 41.0 Å². The van der Waals surface area contributed by atoms with Gasteiger partial charge in [-0.3, -0.25) is 0 Å². The van der Waals surface area contributed by atoms with E-state index in [0.29, 0.717) is 5.41 Å². The van der Waals surface area contributed by atoms with E-state index >= 15 is 0 Å². The van der Waals surface area contributed by atoms with Crippen LogP contribution >= 0.6 is 0 Å². The Morgan fingerprint density at radius 2 is 1.04 bits per heavy atom. The monoisotopic (exact) mass is 330 g/mol. The maximum atomic E-state index is 9.25. The number of aliphatic carboxylic acids is 3. The Balaban J connectivity index is -0.000000108. The van der Waals surface area contributed by atoms with Gasteiger partial charge >= 0.3 is 17.9 Å². The number of hydrogen-bond acceptors (Lipinski definition) is 3. The van der Waals surface area contributed by atoms with E-state index in [1.54, 1.807) is 0 Å². The van der Waals surface area contributed by atoms with Crippen molar-refractivity contribution in [3.63, 3.8) is 0 Å². The van der Waals surface area contributed by atoms with Crippen LogP contribution in [-0.4, -0.2) is 33.2 Å². The minimum absolute atomic E-state index is 0.509. The predicted octanol–water partition coefficient (Wildman–Crippen LogP) is 3.85. The Morgan fingerprint density at radius 1 is 0.870 bits per heavy atom. The van der Waals surface area contributed by atoms with Gasteiger partial charge in [0.1, 0.15) is 0 Å². The summed E-state index contributed by atoms with van der Waals surface area (Å²) >= 11 is 0. The first kappa shape index (κ1) is 28.7. The van der Waals surface area contributed by atoms with Crippen molar-refractivity contribution in [1.29, 1.82) is 0 Å². The van der Waals surface area contributed by atoms with Gasteiger partial charge in [-0.25, -0.2) is 14.4 Å². The normalized spacial score (nSPS) is 9.78. The Labute approximate surface area is 138 Å². The van der Waals surface area contributed by atoms with E-state index in [2.05, 4.69) is 54.4 Å². The lowest BCUT2D eigenvalue weighted by Crippen LogP contribution is -2.15. The predicted molar refractivity (Wildman–Crippen MR) is 92.4 cm³/mol. The fraction of sp³-hybridized carbons (Fsp3) is 0.471. The topological polar surface area (TPSA) is 112 Å². The van der Waals surface area contributed by atoms with Gasteiger partial charge in [0.05, 0.1) is 0 Å². The van der Waals surface area contributed by atoms with Crippen molar-refractivity contribution in [3.8, 4) is 0 Å². The average molecular weight is 330 g/mol. The summed E-state index contributed by atoms with van der Waals surface area (Å²) in [5.74, 6) is -2.09. The van der Waals surface area contributed by atoms with Crippen LogP contribution in [0.2, 0.25) is 0 Å². The summed E-state index contributed by atoms with van der Waals surface area (Å²) in [5, 5.41) is 22.8. The summed E-state index contributed by atoms with van der Waals surface area (Å²) in [4.78, 5) is 27.8. The molecule has 0 rings (SSSR count). The van der Waals surface area contributed by atoms with E-state index in [1.807, 2.05) is 0 Å². The second-order valence-corrected chi connectivity index (χ2v) is 5.30. The molecule has 0 fully saturated rings. The fourth-order valence-electron chi connectivity index (χ4n) is 0.612. The van der Waals surface area contributed by atoms with Gasteiger partial charge in [0.25, 0.3) is 0 Å². The molecule has 1 unspecified atom stereocenters. The van der Waals surface area contributed by atoms with E-state index in [4.69, 9.17) is 15.3 Å². The van der Waals surface area contributed by atoms with Crippen LogP contribution in [0.5, 0.6) is 0 Å². The molecule has 0 aromatic carbocycles. The molecule has 23 heavy (non-hydrogen) atoms. The quantitative estimate of drug-likeness (QED) is 0.675. The average Bonchev–Trinajstić information content (AvgIpc) is 2.46. The molecule has 0 heterocycles. The van der Waals surface area contributed by atoms with Crippen molar-refractivity contribution in [2.24, 2.45) is 11.3 Å². The van der Waals surface area contributed by atoms with Gasteiger partial charge in [-0.2, -0.15) is 0 Å². The molecule has 0 radical (unpaired) electrons. The Hall–Kier alpha value is -2.37. The van der Waals surface area contributed by atoms with Crippen LogP contribution in [0.1, 0.15) is 41.0 Å². The molecule has 3 N–H and O–H groups in total. The fourth-order valence-corrected chi connectivity index (χ4v) is 0.612.